The Morgan fingerprint density at radius 2 is 1.71 bits per heavy atom. The molecule has 3 nitrogen and oxygen atoms in total. The van der Waals surface area contributed by atoms with Crippen molar-refractivity contribution in [2.24, 2.45) is 0 Å². The number of rotatable bonds is 5. The third-order valence-electron chi connectivity index (χ3n) is 3.02. The number of anilines is 1. The monoisotopic (exact) mass is 291 g/mol. The van der Waals surface area contributed by atoms with Crippen LogP contribution in [0.3, 0.4) is 0 Å². The molecule has 0 bridgehead atoms. The molecule has 0 heterocycles. The third-order valence-corrected chi connectivity index (χ3v) is 3.02. The maximum absolute atomic E-state index is 12.8. The highest BCUT2D eigenvalue weighted by molar-refractivity contribution is 5.81. The van der Waals surface area contributed by atoms with Crippen LogP contribution in [-0.4, -0.2) is 13.1 Å². The topological polar surface area (TPSA) is 38.3 Å². The van der Waals surface area contributed by atoms with E-state index in [9.17, 15) is 13.6 Å². The van der Waals surface area contributed by atoms with Gasteiger partial charge in [-0.25, -0.2) is 13.6 Å². The second-order valence-electron chi connectivity index (χ2n) is 4.44. The molecule has 1 N–H and O–H groups in total. The fourth-order valence-electron chi connectivity index (χ4n) is 1.97. The molecular weight excluding hydrogens is 276 g/mol. The van der Waals surface area contributed by atoms with Gasteiger partial charge < -0.3 is 10.1 Å². The fraction of sp³-hybridized carbons (Fsp3) is 0.188. The van der Waals surface area contributed by atoms with Crippen molar-refractivity contribution in [2.45, 2.75) is 12.5 Å². The minimum absolute atomic E-state index is 0.128. The summed E-state index contributed by atoms with van der Waals surface area (Å²) in [5.74, 6) is -0.537. The second-order valence-corrected chi connectivity index (χ2v) is 4.44. The van der Waals surface area contributed by atoms with Crippen LogP contribution in [0.2, 0.25) is 0 Å². The summed E-state index contributed by atoms with van der Waals surface area (Å²) >= 11 is 0. The fourth-order valence-corrected chi connectivity index (χ4v) is 1.97. The van der Waals surface area contributed by atoms with Gasteiger partial charge in [-0.05, 0) is 23.8 Å². The lowest BCUT2D eigenvalue weighted by molar-refractivity contribution is -0.141. The minimum Gasteiger partial charge on any atom is -0.467 e. The SMILES string of the molecule is COC(=O)C(Nc1ccccc1)c1cccc(C(F)F)c1. The van der Waals surface area contributed by atoms with Crippen molar-refractivity contribution in [1.82, 2.24) is 0 Å². The van der Waals surface area contributed by atoms with Crippen LogP contribution in [0.15, 0.2) is 54.6 Å². The Morgan fingerprint density at radius 3 is 2.33 bits per heavy atom. The summed E-state index contributed by atoms with van der Waals surface area (Å²) in [4.78, 5) is 11.9. The molecular formula is C16H15F2NO2. The molecule has 2 aromatic rings. The second kappa shape index (κ2) is 6.83. The van der Waals surface area contributed by atoms with Crippen LogP contribution >= 0.6 is 0 Å². The van der Waals surface area contributed by atoms with E-state index in [-0.39, 0.29) is 5.56 Å². The summed E-state index contributed by atoms with van der Waals surface area (Å²) in [6, 6.07) is 13.9. The van der Waals surface area contributed by atoms with Crippen molar-refractivity contribution in [3.05, 3.63) is 65.7 Å². The van der Waals surface area contributed by atoms with Crippen molar-refractivity contribution in [3.8, 4) is 0 Å². The molecule has 0 aliphatic carbocycles. The Morgan fingerprint density at radius 1 is 1.05 bits per heavy atom. The van der Waals surface area contributed by atoms with Crippen LogP contribution in [0.4, 0.5) is 14.5 Å². The highest BCUT2D eigenvalue weighted by Gasteiger charge is 2.22. The highest BCUT2D eigenvalue weighted by Crippen LogP contribution is 2.25. The van der Waals surface area contributed by atoms with E-state index < -0.39 is 18.4 Å². The molecule has 0 aliphatic rings. The molecule has 0 saturated carbocycles. The van der Waals surface area contributed by atoms with Gasteiger partial charge in [-0.15, -0.1) is 0 Å². The zero-order valence-electron chi connectivity index (χ0n) is 11.4. The molecule has 0 aliphatic heterocycles. The van der Waals surface area contributed by atoms with Gasteiger partial charge in [0, 0.05) is 11.3 Å². The van der Waals surface area contributed by atoms with E-state index in [1.165, 1.54) is 25.3 Å². The van der Waals surface area contributed by atoms with Gasteiger partial charge in [-0.3, -0.25) is 0 Å². The number of benzene rings is 2. The molecule has 2 rings (SSSR count). The maximum atomic E-state index is 12.8. The maximum Gasteiger partial charge on any atom is 0.332 e. The van der Waals surface area contributed by atoms with Gasteiger partial charge in [0.1, 0.15) is 0 Å². The molecule has 0 spiro atoms. The van der Waals surface area contributed by atoms with Crippen molar-refractivity contribution in [3.63, 3.8) is 0 Å². The molecule has 1 atom stereocenters. The number of ether oxygens (including phenoxy) is 1. The summed E-state index contributed by atoms with van der Waals surface area (Å²) in [7, 11) is 1.26. The van der Waals surface area contributed by atoms with Gasteiger partial charge in [0.25, 0.3) is 6.43 Å². The van der Waals surface area contributed by atoms with E-state index in [4.69, 9.17) is 4.74 Å². The van der Waals surface area contributed by atoms with Crippen molar-refractivity contribution in [2.75, 3.05) is 12.4 Å². The Kier molecular flexibility index (Phi) is 4.87. The first-order valence-electron chi connectivity index (χ1n) is 6.39. The van der Waals surface area contributed by atoms with E-state index in [0.717, 1.165) is 0 Å². The zero-order valence-corrected chi connectivity index (χ0v) is 11.4. The number of hydrogen-bond donors (Lipinski definition) is 1. The smallest absolute Gasteiger partial charge is 0.332 e. The van der Waals surface area contributed by atoms with E-state index in [1.807, 2.05) is 18.2 Å². The van der Waals surface area contributed by atoms with Gasteiger partial charge in [0.2, 0.25) is 0 Å². The van der Waals surface area contributed by atoms with E-state index in [1.54, 1.807) is 18.2 Å². The van der Waals surface area contributed by atoms with Gasteiger partial charge in [-0.1, -0.05) is 36.4 Å². The Balaban J connectivity index is 2.32. The zero-order chi connectivity index (χ0) is 15.2. The van der Waals surface area contributed by atoms with Crippen molar-refractivity contribution >= 4 is 11.7 Å². The lowest BCUT2D eigenvalue weighted by Crippen LogP contribution is -2.22. The van der Waals surface area contributed by atoms with E-state index in [2.05, 4.69) is 5.32 Å². The molecule has 0 amide bonds. The van der Waals surface area contributed by atoms with Gasteiger partial charge in [0.05, 0.1) is 7.11 Å². The number of methoxy groups -OCH3 is 1. The first-order chi connectivity index (χ1) is 10.1. The Labute approximate surface area is 121 Å². The summed E-state index contributed by atoms with van der Waals surface area (Å²) in [6.07, 6.45) is -2.58. The van der Waals surface area contributed by atoms with E-state index in [0.29, 0.717) is 11.3 Å². The normalized spacial score (nSPS) is 12.0. The largest absolute Gasteiger partial charge is 0.467 e. The van der Waals surface area contributed by atoms with Gasteiger partial charge in [-0.2, -0.15) is 0 Å². The van der Waals surface area contributed by atoms with Crippen LogP contribution in [0.1, 0.15) is 23.6 Å². The first-order valence-corrected chi connectivity index (χ1v) is 6.39. The predicted molar refractivity (Wildman–Crippen MR) is 76.2 cm³/mol. The average Bonchev–Trinajstić information content (AvgIpc) is 2.53. The number of carbonyl (C=O) groups is 1. The number of para-hydroxylation sites is 1. The molecule has 2 aromatic carbocycles. The lowest BCUT2D eigenvalue weighted by atomic mass is 10.0. The molecule has 21 heavy (non-hydrogen) atoms. The third kappa shape index (κ3) is 3.78. The molecule has 0 saturated heterocycles. The molecule has 0 radical (unpaired) electrons. The Bertz CT molecular complexity index is 602. The van der Waals surface area contributed by atoms with Crippen LogP contribution in [-0.2, 0) is 9.53 Å². The van der Waals surface area contributed by atoms with Crippen LogP contribution in [0.25, 0.3) is 0 Å². The summed E-state index contributed by atoms with van der Waals surface area (Å²) in [5.41, 5.74) is 1.01. The van der Waals surface area contributed by atoms with Gasteiger partial charge in [0.15, 0.2) is 6.04 Å². The Hall–Kier alpha value is -2.43. The number of nitrogens with one attached hydrogen (secondary N) is 1. The summed E-state index contributed by atoms with van der Waals surface area (Å²) < 4.78 is 30.3. The quantitative estimate of drug-likeness (QED) is 0.848. The van der Waals surface area contributed by atoms with Crippen molar-refractivity contribution in [1.29, 1.82) is 0 Å². The van der Waals surface area contributed by atoms with Gasteiger partial charge >= 0.3 is 5.97 Å². The van der Waals surface area contributed by atoms with Crippen molar-refractivity contribution < 1.29 is 18.3 Å². The highest BCUT2D eigenvalue weighted by atomic mass is 19.3. The average molecular weight is 291 g/mol. The standard InChI is InChI=1S/C16H15F2NO2/c1-21-16(20)14(19-13-8-3-2-4-9-13)11-6-5-7-12(10-11)15(17)18/h2-10,14-15,19H,1H3. The molecule has 110 valence electrons. The predicted octanol–water partition coefficient (Wildman–Crippen LogP) is 3.95. The molecule has 0 fully saturated rings. The molecule has 0 aromatic heterocycles. The lowest BCUT2D eigenvalue weighted by Gasteiger charge is -2.18. The van der Waals surface area contributed by atoms with Crippen LogP contribution in [0, 0.1) is 0 Å². The summed E-state index contributed by atoms with van der Waals surface area (Å²) in [5, 5.41) is 2.99. The first kappa shape index (κ1) is 15.0. The molecule has 5 heteroatoms. The van der Waals surface area contributed by atoms with E-state index >= 15 is 0 Å². The number of hydrogen-bond acceptors (Lipinski definition) is 3. The molecule has 1 unspecified atom stereocenters. The number of halogens is 2. The summed E-state index contributed by atoms with van der Waals surface area (Å²) in [6.45, 7) is 0. The number of alkyl halides is 2. The van der Waals surface area contributed by atoms with Crippen LogP contribution < -0.4 is 5.32 Å². The minimum atomic E-state index is -2.58. The number of esters is 1. The number of carbonyl (C=O) groups excluding carboxylic acids is 1. The van der Waals surface area contributed by atoms with Crippen LogP contribution in [0.5, 0.6) is 0 Å².